The molecule has 4 aromatic rings. The van der Waals surface area contributed by atoms with Gasteiger partial charge in [0.15, 0.2) is 0 Å². The lowest BCUT2D eigenvalue weighted by molar-refractivity contribution is 0.0725. The Morgan fingerprint density at radius 2 is 1.65 bits per heavy atom. The third-order valence-corrected chi connectivity index (χ3v) is 6.11. The largest absolute Gasteiger partial charge is 0.333 e. The zero-order valence-corrected chi connectivity index (χ0v) is 18.1. The van der Waals surface area contributed by atoms with E-state index in [1.165, 1.54) is 11.1 Å². The van der Waals surface area contributed by atoms with Crippen molar-refractivity contribution in [3.8, 4) is 16.9 Å². The van der Waals surface area contributed by atoms with Gasteiger partial charge in [-0.3, -0.25) is 4.79 Å². The zero-order chi connectivity index (χ0) is 21.4. The first-order chi connectivity index (χ1) is 15.1. The maximum Gasteiger partial charge on any atom is 0.272 e. The Labute approximate surface area is 190 Å². The van der Waals surface area contributed by atoms with Crippen LogP contribution in [-0.2, 0) is 13.0 Å². The minimum atomic E-state index is -0.0692. The maximum atomic E-state index is 13.6. The molecule has 1 amide bonds. The van der Waals surface area contributed by atoms with Gasteiger partial charge in [0.1, 0.15) is 5.69 Å². The molecule has 0 atom stereocenters. The molecular formula is C25H19Cl2N3O. The lowest BCUT2D eigenvalue weighted by Gasteiger charge is -2.29. The van der Waals surface area contributed by atoms with Crippen LogP contribution in [0.5, 0.6) is 0 Å². The molecule has 0 saturated carbocycles. The monoisotopic (exact) mass is 447 g/mol. The molecule has 0 aliphatic carbocycles. The van der Waals surface area contributed by atoms with Gasteiger partial charge in [0.25, 0.3) is 5.91 Å². The molecule has 0 unspecified atom stereocenters. The van der Waals surface area contributed by atoms with Crippen LogP contribution in [0.2, 0.25) is 10.0 Å². The lowest BCUT2D eigenvalue weighted by Crippen LogP contribution is -2.37. The minimum absolute atomic E-state index is 0.0692. The van der Waals surface area contributed by atoms with Crippen molar-refractivity contribution in [1.29, 1.82) is 0 Å². The number of aromatic nitrogens is 2. The second kappa shape index (κ2) is 8.22. The summed E-state index contributed by atoms with van der Waals surface area (Å²) < 4.78 is 1.66. The minimum Gasteiger partial charge on any atom is -0.333 e. The molecule has 1 aliphatic rings. The van der Waals surface area contributed by atoms with Crippen molar-refractivity contribution in [2.24, 2.45) is 0 Å². The number of benzene rings is 3. The Morgan fingerprint density at radius 1 is 0.871 bits per heavy atom. The SMILES string of the molecule is O=C(c1cc(-c2ccccc2Cl)nn1-c1cccc(Cl)c1)N1CCc2ccccc2C1. The Kier molecular flexibility index (Phi) is 5.26. The highest BCUT2D eigenvalue weighted by Gasteiger charge is 2.26. The normalized spacial score (nSPS) is 13.2. The summed E-state index contributed by atoms with van der Waals surface area (Å²) in [5, 5.41) is 5.91. The first-order valence-electron chi connectivity index (χ1n) is 10.1. The van der Waals surface area contributed by atoms with Crippen LogP contribution in [0.4, 0.5) is 0 Å². The number of hydrogen-bond donors (Lipinski definition) is 0. The second-order valence-corrected chi connectivity index (χ2v) is 8.38. The van der Waals surface area contributed by atoms with E-state index in [2.05, 4.69) is 12.1 Å². The topological polar surface area (TPSA) is 38.1 Å². The van der Waals surface area contributed by atoms with Crippen molar-refractivity contribution in [2.75, 3.05) is 6.54 Å². The number of halogens is 2. The van der Waals surface area contributed by atoms with Crippen molar-refractivity contribution < 1.29 is 4.79 Å². The molecule has 1 aliphatic heterocycles. The van der Waals surface area contributed by atoms with Crippen LogP contribution in [0.3, 0.4) is 0 Å². The van der Waals surface area contributed by atoms with E-state index >= 15 is 0 Å². The smallest absolute Gasteiger partial charge is 0.272 e. The van der Waals surface area contributed by atoms with E-state index in [0.29, 0.717) is 34.5 Å². The third-order valence-electron chi connectivity index (χ3n) is 5.55. The predicted octanol–water partition coefficient (Wildman–Crippen LogP) is 6.04. The van der Waals surface area contributed by atoms with Gasteiger partial charge >= 0.3 is 0 Å². The van der Waals surface area contributed by atoms with Crippen molar-refractivity contribution in [1.82, 2.24) is 14.7 Å². The highest BCUT2D eigenvalue weighted by Crippen LogP contribution is 2.30. The summed E-state index contributed by atoms with van der Waals surface area (Å²) in [4.78, 5) is 15.5. The standard InChI is InChI=1S/C25H19Cl2N3O/c26-19-8-5-9-20(14-19)30-24(15-23(28-30)21-10-3-4-11-22(21)27)25(31)29-13-12-17-6-1-2-7-18(17)16-29/h1-11,14-15H,12-13,16H2. The number of carbonyl (C=O) groups is 1. The van der Waals surface area contributed by atoms with Gasteiger partial charge in [-0.25, -0.2) is 4.68 Å². The third kappa shape index (κ3) is 3.85. The van der Waals surface area contributed by atoms with Gasteiger partial charge in [0.2, 0.25) is 0 Å². The number of amides is 1. The molecule has 2 heterocycles. The summed E-state index contributed by atoms with van der Waals surface area (Å²) in [5.74, 6) is -0.0692. The van der Waals surface area contributed by atoms with Gasteiger partial charge in [-0.05, 0) is 47.9 Å². The average Bonchev–Trinajstić information content (AvgIpc) is 3.24. The molecule has 6 heteroatoms. The van der Waals surface area contributed by atoms with Crippen molar-refractivity contribution in [3.63, 3.8) is 0 Å². The van der Waals surface area contributed by atoms with Crippen molar-refractivity contribution >= 4 is 29.1 Å². The molecule has 3 aromatic carbocycles. The van der Waals surface area contributed by atoms with Gasteiger partial charge in [0.05, 0.1) is 16.4 Å². The lowest BCUT2D eigenvalue weighted by atomic mass is 9.99. The summed E-state index contributed by atoms with van der Waals surface area (Å²) in [6.45, 7) is 1.25. The Hall–Kier alpha value is -3.08. The van der Waals surface area contributed by atoms with Crippen LogP contribution in [0, 0.1) is 0 Å². The summed E-state index contributed by atoms with van der Waals surface area (Å²) in [5.41, 5.74) is 5.12. The van der Waals surface area contributed by atoms with E-state index < -0.39 is 0 Å². The number of fused-ring (bicyclic) bond motifs is 1. The number of carbonyl (C=O) groups excluding carboxylic acids is 1. The molecule has 0 fully saturated rings. The van der Waals surface area contributed by atoms with Crippen LogP contribution in [0.25, 0.3) is 16.9 Å². The molecule has 31 heavy (non-hydrogen) atoms. The highest BCUT2D eigenvalue weighted by molar-refractivity contribution is 6.33. The molecule has 1 aromatic heterocycles. The molecule has 0 radical (unpaired) electrons. The number of rotatable bonds is 3. The molecule has 0 saturated heterocycles. The van der Waals surface area contributed by atoms with Gasteiger partial charge in [-0.15, -0.1) is 0 Å². The fraction of sp³-hybridized carbons (Fsp3) is 0.120. The number of hydrogen-bond acceptors (Lipinski definition) is 2. The van der Waals surface area contributed by atoms with E-state index in [9.17, 15) is 4.79 Å². The summed E-state index contributed by atoms with van der Waals surface area (Å²) in [7, 11) is 0. The highest BCUT2D eigenvalue weighted by atomic mass is 35.5. The molecular weight excluding hydrogens is 429 g/mol. The Bertz CT molecular complexity index is 1280. The van der Waals surface area contributed by atoms with Crippen molar-refractivity contribution in [3.05, 3.63) is 106 Å². The molecule has 4 nitrogen and oxygen atoms in total. The number of nitrogens with zero attached hydrogens (tertiary/aromatic N) is 3. The van der Waals surface area contributed by atoms with Crippen LogP contribution in [0.15, 0.2) is 78.9 Å². The van der Waals surface area contributed by atoms with E-state index in [1.54, 1.807) is 16.8 Å². The Morgan fingerprint density at radius 3 is 2.45 bits per heavy atom. The van der Waals surface area contributed by atoms with Crippen LogP contribution in [-0.4, -0.2) is 27.1 Å². The van der Waals surface area contributed by atoms with E-state index in [-0.39, 0.29) is 5.91 Å². The van der Waals surface area contributed by atoms with E-state index in [4.69, 9.17) is 28.3 Å². The van der Waals surface area contributed by atoms with Crippen LogP contribution < -0.4 is 0 Å². The second-order valence-electron chi connectivity index (χ2n) is 7.53. The van der Waals surface area contributed by atoms with Gasteiger partial charge in [-0.1, -0.05) is 71.7 Å². The molecule has 0 N–H and O–H groups in total. The molecule has 0 bridgehead atoms. The fourth-order valence-electron chi connectivity index (χ4n) is 3.97. The van der Waals surface area contributed by atoms with E-state index in [1.807, 2.05) is 59.5 Å². The van der Waals surface area contributed by atoms with Crippen LogP contribution in [0.1, 0.15) is 21.6 Å². The first-order valence-corrected chi connectivity index (χ1v) is 10.8. The van der Waals surface area contributed by atoms with E-state index in [0.717, 1.165) is 17.7 Å². The summed E-state index contributed by atoms with van der Waals surface area (Å²) in [6, 6.07) is 24.9. The van der Waals surface area contributed by atoms with Crippen LogP contribution >= 0.6 is 23.2 Å². The molecule has 0 spiro atoms. The quantitative estimate of drug-likeness (QED) is 0.383. The Balaban J connectivity index is 1.58. The van der Waals surface area contributed by atoms with Gasteiger partial charge in [0, 0.05) is 23.7 Å². The summed E-state index contributed by atoms with van der Waals surface area (Å²) >= 11 is 12.6. The molecule has 5 rings (SSSR count). The molecule has 154 valence electrons. The first kappa shape index (κ1) is 19.9. The average molecular weight is 448 g/mol. The summed E-state index contributed by atoms with van der Waals surface area (Å²) in [6.07, 6.45) is 0.838. The zero-order valence-electron chi connectivity index (χ0n) is 16.6. The van der Waals surface area contributed by atoms with Gasteiger partial charge < -0.3 is 4.90 Å². The van der Waals surface area contributed by atoms with Gasteiger partial charge in [-0.2, -0.15) is 5.10 Å². The maximum absolute atomic E-state index is 13.6. The van der Waals surface area contributed by atoms with Crippen molar-refractivity contribution in [2.45, 2.75) is 13.0 Å². The fourth-order valence-corrected chi connectivity index (χ4v) is 4.39. The predicted molar refractivity (Wildman–Crippen MR) is 124 cm³/mol.